The molecular weight excluding hydrogens is 420 g/mol. The van der Waals surface area contributed by atoms with Crippen LogP contribution in [-0.2, 0) is 9.59 Å². The standard InChI is InChI=1S/C20H20N6O4S/c1-29-11-3-5-15-13(7-11)19(25-23-15)21-17(27)9-31-10-18(28)22-20-14-8-12(30-2)4-6-16(14)24-26-20/h3-8H,9-10H2,1-2H3,(H2,21,23,25,27)(H2,22,24,26,28). The number of anilines is 2. The maximum Gasteiger partial charge on any atom is 0.235 e. The van der Waals surface area contributed by atoms with Gasteiger partial charge < -0.3 is 20.1 Å². The number of hydrogen-bond acceptors (Lipinski definition) is 7. The molecule has 4 N–H and O–H groups in total. The first-order valence-electron chi connectivity index (χ1n) is 9.29. The molecule has 0 fully saturated rings. The van der Waals surface area contributed by atoms with E-state index in [2.05, 4.69) is 31.0 Å². The van der Waals surface area contributed by atoms with Gasteiger partial charge in [-0.25, -0.2) is 0 Å². The average molecular weight is 440 g/mol. The van der Waals surface area contributed by atoms with E-state index < -0.39 is 0 Å². The Morgan fingerprint density at radius 2 is 1.29 bits per heavy atom. The molecule has 11 heteroatoms. The summed E-state index contributed by atoms with van der Waals surface area (Å²) < 4.78 is 10.4. The Balaban J connectivity index is 1.30. The Kier molecular flexibility index (Phi) is 5.94. The number of aromatic nitrogens is 4. The highest BCUT2D eigenvalue weighted by Gasteiger charge is 2.13. The van der Waals surface area contributed by atoms with Gasteiger partial charge in [-0.2, -0.15) is 10.2 Å². The van der Waals surface area contributed by atoms with Gasteiger partial charge in [0.25, 0.3) is 0 Å². The van der Waals surface area contributed by atoms with Crippen molar-refractivity contribution < 1.29 is 19.1 Å². The van der Waals surface area contributed by atoms with Gasteiger partial charge in [-0.3, -0.25) is 19.8 Å². The Labute approximate surface area is 181 Å². The molecule has 0 aliphatic rings. The number of rotatable bonds is 8. The molecule has 2 aromatic heterocycles. The maximum atomic E-state index is 12.3. The number of H-pyrrole nitrogens is 2. The number of thioether (sulfide) groups is 1. The van der Waals surface area contributed by atoms with Gasteiger partial charge in [0, 0.05) is 10.8 Å². The molecule has 4 rings (SSSR count). The lowest BCUT2D eigenvalue weighted by Crippen LogP contribution is -2.19. The summed E-state index contributed by atoms with van der Waals surface area (Å²) in [7, 11) is 3.15. The first-order chi connectivity index (χ1) is 15.1. The first kappa shape index (κ1) is 20.5. The number of nitrogens with one attached hydrogen (secondary N) is 4. The number of fused-ring (bicyclic) bond motifs is 2. The predicted molar refractivity (Wildman–Crippen MR) is 120 cm³/mol. The number of carbonyl (C=O) groups is 2. The molecule has 0 saturated carbocycles. The van der Waals surface area contributed by atoms with E-state index in [0.717, 1.165) is 21.8 Å². The number of methoxy groups -OCH3 is 2. The zero-order valence-electron chi connectivity index (χ0n) is 16.8. The van der Waals surface area contributed by atoms with Crippen LogP contribution in [0.2, 0.25) is 0 Å². The van der Waals surface area contributed by atoms with Crippen LogP contribution in [0.3, 0.4) is 0 Å². The van der Waals surface area contributed by atoms with Crippen molar-refractivity contribution in [3.05, 3.63) is 36.4 Å². The number of carbonyl (C=O) groups excluding carboxylic acids is 2. The minimum absolute atomic E-state index is 0.0981. The van der Waals surface area contributed by atoms with Gasteiger partial charge in [0.1, 0.15) is 11.5 Å². The molecule has 0 atom stereocenters. The molecule has 0 unspecified atom stereocenters. The maximum absolute atomic E-state index is 12.3. The molecule has 2 aromatic carbocycles. The van der Waals surface area contributed by atoms with E-state index in [1.807, 2.05) is 12.1 Å². The van der Waals surface area contributed by atoms with E-state index in [1.165, 1.54) is 11.8 Å². The predicted octanol–water partition coefficient (Wildman–Crippen LogP) is 2.77. The fourth-order valence-electron chi connectivity index (χ4n) is 3.00. The van der Waals surface area contributed by atoms with Crippen LogP contribution >= 0.6 is 11.8 Å². The highest BCUT2D eigenvalue weighted by molar-refractivity contribution is 8.00. The van der Waals surface area contributed by atoms with Crippen molar-refractivity contribution in [2.24, 2.45) is 0 Å². The van der Waals surface area contributed by atoms with Crippen LogP contribution in [0.25, 0.3) is 21.8 Å². The van der Waals surface area contributed by atoms with Gasteiger partial charge in [0.05, 0.1) is 36.8 Å². The molecule has 0 radical (unpaired) electrons. The quantitative estimate of drug-likeness (QED) is 0.331. The largest absolute Gasteiger partial charge is 0.497 e. The molecule has 160 valence electrons. The van der Waals surface area contributed by atoms with Crippen LogP contribution in [-0.4, -0.2) is 57.9 Å². The average Bonchev–Trinajstić information content (AvgIpc) is 3.37. The minimum atomic E-state index is -0.260. The molecule has 2 heterocycles. The van der Waals surface area contributed by atoms with Crippen molar-refractivity contribution in [2.45, 2.75) is 0 Å². The third-order valence-corrected chi connectivity index (χ3v) is 5.45. The summed E-state index contributed by atoms with van der Waals surface area (Å²) in [4.78, 5) is 24.5. The van der Waals surface area contributed by atoms with Crippen molar-refractivity contribution in [3.63, 3.8) is 0 Å². The Morgan fingerprint density at radius 1 is 0.839 bits per heavy atom. The molecule has 0 aliphatic carbocycles. The molecule has 10 nitrogen and oxygen atoms in total. The summed E-state index contributed by atoms with van der Waals surface area (Å²) in [6, 6.07) is 10.8. The summed E-state index contributed by atoms with van der Waals surface area (Å²) in [6.45, 7) is 0. The summed E-state index contributed by atoms with van der Waals surface area (Å²) in [5.74, 6) is 1.84. The number of ether oxygens (including phenoxy) is 2. The number of nitrogens with zero attached hydrogens (tertiary/aromatic N) is 2. The van der Waals surface area contributed by atoms with E-state index in [1.54, 1.807) is 38.5 Å². The molecule has 0 bridgehead atoms. The summed E-state index contributed by atoms with van der Waals surface area (Å²) in [5, 5.41) is 21.0. The second-order valence-electron chi connectivity index (χ2n) is 6.56. The van der Waals surface area contributed by atoms with E-state index in [4.69, 9.17) is 9.47 Å². The van der Waals surface area contributed by atoms with Crippen LogP contribution in [0.4, 0.5) is 11.6 Å². The van der Waals surface area contributed by atoms with Crippen LogP contribution < -0.4 is 20.1 Å². The normalized spacial score (nSPS) is 10.9. The van der Waals surface area contributed by atoms with E-state index in [0.29, 0.717) is 23.1 Å². The Morgan fingerprint density at radius 3 is 1.71 bits per heavy atom. The van der Waals surface area contributed by atoms with Gasteiger partial charge in [0.15, 0.2) is 11.6 Å². The number of amides is 2. The van der Waals surface area contributed by atoms with Gasteiger partial charge in [-0.1, -0.05) is 0 Å². The highest BCUT2D eigenvalue weighted by Crippen LogP contribution is 2.26. The Bertz CT molecular complexity index is 1160. The topological polar surface area (TPSA) is 134 Å². The lowest BCUT2D eigenvalue weighted by Gasteiger charge is -2.05. The smallest absolute Gasteiger partial charge is 0.235 e. The summed E-state index contributed by atoms with van der Waals surface area (Å²) in [5.41, 5.74) is 1.57. The monoisotopic (exact) mass is 440 g/mol. The molecule has 0 aliphatic heterocycles. The second-order valence-corrected chi connectivity index (χ2v) is 7.54. The SMILES string of the molecule is COc1ccc2[nH]nc(NC(=O)CSCC(=O)Nc3n[nH]c4ccc(OC)cc34)c2c1. The first-order valence-corrected chi connectivity index (χ1v) is 10.4. The molecule has 4 aromatic rings. The number of aromatic amines is 2. The van der Waals surface area contributed by atoms with Crippen molar-refractivity contribution in [1.82, 2.24) is 20.4 Å². The molecule has 0 saturated heterocycles. The molecule has 31 heavy (non-hydrogen) atoms. The van der Waals surface area contributed by atoms with E-state index >= 15 is 0 Å². The Hall–Kier alpha value is -3.73. The second kappa shape index (κ2) is 8.96. The van der Waals surface area contributed by atoms with Gasteiger partial charge in [-0.05, 0) is 36.4 Å². The van der Waals surface area contributed by atoms with Crippen molar-refractivity contribution >= 4 is 57.0 Å². The molecule has 2 amide bonds. The van der Waals surface area contributed by atoms with Crippen LogP contribution in [0.1, 0.15) is 0 Å². The fourth-order valence-corrected chi connectivity index (χ4v) is 3.62. The third kappa shape index (κ3) is 4.56. The van der Waals surface area contributed by atoms with Gasteiger partial charge in [-0.15, -0.1) is 11.8 Å². The zero-order valence-corrected chi connectivity index (χ0v) is 17.6. The van der Waals surface area contributed by atoms with Crippen molar-refractivity contribution in [1.29, 1.82) is 0 Å². The van der Waals surface area contributed by atoms with E-state index in [-0.39, 0.29) is 23.3 Å². The lowest BCUT2D eigenvalue weighted by atomic mass is 10.2. The summed E-state index contributed by atoms with van der Waals surface area (Å²) >= 11 is 1.19. The van der Waals surface area contributed by atoms with Gasteiger partial charge in [0.2, 0.25) is 11.8 Å². The van der Waals surface area contributed by atoms with Crippen molar-refractivity contribution in [2.75, 3.05) is 36.4 Å². The minimum Gasteiger partial charge on any atom is -0.497 e. The third-order valence-electron chi connectivity index (χ3n) is 4.52. The molecular formula is C20H20N6O4S. The lowest BCUT2D eigenvalue weighted by molar-refractivity contribution is -0.114. The summed E-state index contributed by atoms with van der Waals surface area (Å²) in [6.07, 6.45) is 0. The number of benzene rings is 2. The fraction of sp³-hybridized carbons (Fsp3) is 0.200. The van der Waals surface area contributed by atoms with Crippen LogP contribution in [0, 0.1) is 0 Å². The van der Waals surface area contributed by atoms with Crippen molar-refractivity contribution in [3.8, 4) is 11.5 Å². The zero-order chi connectivity index (χ0) is 21.8. The highest BCUT2D eigenvalue weighted by atomic mass is 32.2. The van der Waals surface area contributed by atoms with Crippen LogP contribution in [0.15, 0.2) is 36.4 Å². The van der Waals surface area contributed by atoms with E-state index in [9.17, 15) is 9.59 Å². The number of hydrogen-bond donors (Lipinski definition) is 4. The molecule has 0 spiro atoms. The van der Waals surface area contributed by atoms with Crippen LogP contribution in [0.5, 0.6) is 11.5 Å². The van der Waals surface area contributed by atoms with Gasteiger partial charge >= 0.3 is 0 Å².